The summed E-state index contributed by atoms with van der Waals surface area (Å²) in [5.41, 5.74) is 0.323. The van der Waals surface area contributed by atoms with Crippen molar-refractivity contribution >= 4 is 27.1 Å². The van der Waals surface area contributed by atoms with E-state index in [0.29, 0.717) is 18.8 Å². The summed E-state index contributed by atoms with van der Waals surface area (Å²) in [6, 6.07) is 9.78. The number of benzene rings is 2. The van der Waals surface area contributed by atoms with Crippen molar-refractivity contribution in [1.29, 1.82) is 0 Å². The number of hydrogen-bond donors (Lipinski definition) is 2. The van der Waals surface area contributed by atoms with Gasteiger partial charge < -0.3 is 10.2 Å². The van der Waals surface area contributed by atoms with Gasteiger partial charge in [-0.15, -0.1) is 0 Å². The highest BCUT2D eigenvalue weighted by Gasteiger charge is 2.25. The fraction of sp³-hybridized carbons (Fsp3) is 0.294. The van der Waals surface area contributed by atoms with E-state index in [1.807, 2.05) is 4.90 Å². The number of primary sulfonamides is 1. The molecule has 2 aromatic rings. The molecule has 1 heterocycles. The second kappa shape index (κ2) is 7.49. The number of anilines is 2. The summed E-state index contributed by atoms with van der Waals surface area (Å²) in [4.78, 5) is 11.8. The Morgan fingerprint density at radius 3 is 2.67 bits per heavy atom. The second-order valence-electron chi connectivity index (χ2n) is 6.36. The molecule has 2 aromatic carbocycles. The van der Waals surface area contributed by atoms with Crippen LogP contribution in [0.3, 0.4) is 0 Å². The molecule has 1 atom stereocenters. The number of non-ortho nitro benzene ring substituents is 1. The van der Waals surface area contributed by atoms with Crippen molar-refractivity contribution in [3.05, 3.63) is 58.4 Å². The summed E-state index contributed by atoms with van der Waals surface area (Å²) in [6.07, 6.45) is 1.52. The maximum atomic E-state index is 14.0. The van der Waals surface area contributed by atoms with Crippen LogP contribution in [0.15, 0.2) is 47.4 Å². The van der Waals surface area contributed by atoms with Crippen LogP contribution in [-0.2, 0) is 10.0 Å². The molecular weight excluding hydrogens is 375 g/mol. The quantitative estimate of drug-likeness (QED) is 0.594. The van der Waals surface area contributed by atoms with Crippen LogP contribution in [0.5, 0.6) is 0 Å². The Labute approximate surface area is 156 Å². The van der Waals surface area contributed by atoms with E-state index in [0.717, 1.165) is 18.9 Å². The van der Waals surface area contributed by atoms with Gasteiger partial charge in [0, 0.05) is 31.3 Å². The van der Waals surface area contributed by atoms with Gasteiger partial charge in [0.15, 0.2) is 0 Å². The topological polar surface area (TPSA) is 119 Å². The molecule has 1 aliphatic rings. The Bertz CT molecular complexity index is 967. The third kappa shape index (κ3) is 4.34. The average molecular weight is 394 g/mol. The first-order valence-electron chi connectivity index (χ1n) is 8.33. The van der Waals surface area contributed by atoms with Gasteiger partial charge in [-0.1, -0.05) is 12.1 Å². The lowest BCUT2D eigenvalue weighted by Gasteiger charge is -2.35. The SMILES string of the molecule is NS(=O)(=O)c1cc([N+](=O)[O-])ccc1NC1CCCN(c2ccccc2F)C1. The number of nitro groups is 1. The van der Waals surface area contributed by atoms with Crippen LogP contribution in [0.2, 0.25) is 0 Å². The number of hydrogen-bond acceptors (Lipinski definition) is 6. The van der Waals surface area contributed by atoms with Crippen molar-refractivity contribution in [3.8, 4) is 0 Å². The molecule has 0 spiro atoms. The molecule has 1 aliphatic heterocycles. The number of para-hydroxylation sites is 1. The lowest BCUT2D eigenvalue weighted by Crippen LogP contribution is -2.42. The monoisotopic (exact) mass is 394 g/mol. The highest BCUT2D eigenvalue weighted by Crippen LogP contribution is 2.29. The number of rotatable bonds is 5. The van der Waals surface area contributed by atoms with E-state index >= 15 is 0 Å². The number of piperidine rings is 1. The smallest absolute Gasteiger partial charge is 0.270 e. The van der Waals surface area contributed by atoms with Gasteiger partial charge in [0.2, 0.25) is 10.0 Å². The van der Waals surface area contributed by atoms with Crippen molar-refractivity contribution in [2.24, 2.45) is 5.14 Å². The van der Waals surface area contributed by atoms with Crippen molar-refractivity contribution < 1.29 is 17.7 Å². The van der Waals surface area contributed by atoms with Crippen LogP contribution in [0.1, 0.15) is 12.8 Å². The zero-order valence-corrected chi connectivity index (χ0v) is 15.2. The van der Waals surface area contributed by atoms with E-state index in [-0.39, 0.29) is 28.1 Å². The van der Waals surface area contributed by atoms with Crippen LogP contribution >= 0.6 is 0 Å². The van der Waals surface area contributed by atoms with Gasteiger partial charge in [0.05, 0.1) is 16.3 Å². The van der Waals surface area contributed by atoms with Gasteiger partial charge >= 0.3 is 0 Å². The van der Waals surface area contributed by atoms with E-state index in [1.165, 1.54) is 18.2 Å². The first-order valence-corrected chi connectivity index (χ1v) is 9.87. The lowest BCUT2D eigenvalue weighted by molar-refractivity contribution is -0.385. The Morgan fingerprint density at radius 2 is 2.00 bits per heavy atom. The molecule has 0 saturated carbocycles. The summed E-state index contributed by atoms with van der Waals surface area (Å²) in [5.74, 6) is -0.321. The first-order chi connectivity index (χ1) is 12.8. The number of nitrogens with zero attached hydrogens (tertiary/aromatic N) is 2. The number of nitro benzene ring substituents is 1. The molecule has 3 rings (SSSR count). The van der Waals surface area contributed by atoms with Crippen LogP contribution in [0, 0.1) is 15.9 Å². The molecule has 144 valence electrons. The number of nitrogens with two attached hydrogens (primary N) is 1. The molecule has 3 N–H and O–H groups in total. The van der Waals surface area contributed by atoms with Crippen molar-refractivity contribution in [3.63, 3.8) is 0 Å². The minimum atomic E-state index is -4.15. The van der Waals surface area contributed by atoms with Crippen molar-refractivity contribution in [1.82, 2.24) is 0 Å². The number of sulfonamides is 1. The fourth-order valence-electron chi connectivity index (χ4n) is 3.22. The van der Waals surface area contributed by atoms with Crippen LogP contribution in [0.4, 0.5) is 21.5 Å². The van der Waals surface area contributed by atoms with Gasteiger partial charge in [-0.05, 0) is 31.0 Å². The standard InChI is InChI=1S/C17H19FN4O4S/c18-14-5-1-2-6-16(14)21-9-3-4-12(11-21)20-15-8-7-13(22(23)24)10-17(15)27(19,25)26/h1-2,5-8,10,12,20H,3-4,9,11H2,(H2,19,25,26). The Morgan fingerprint density at radius 1 is 1.26 bits per heavy atom. The molecule has 0 amide bonds. The highest BCUT2D eigenvalue weighted by atomic mass is 32.2. The van der Waals surface area contributed by atoms with E-state index < -0.39 is 14.9 Å². The number of halogens is 1. The van der Waals surface area contributed by atoms with Gasteiger partial charge in [0.1, 0.15) is 10.7 Å². The number of nitrogens with one attached hydrogen (secondary N) is 1. The summed E-state index contributed by atoms with van der Waals surface area (Å²) >= 11 is 0. The summed E-state index contributed by atoms with van der Waals surface area (Å²) in [6.45, 7) is 1.14. The second-order valence-corrected chi connectivity index (χ2v) is 7.89. The van der Waals surface area contributed by atoms with Crippen molar-refractivity contribution in [2.75, 3.05) is 23.3 Å². The van der Waals surface area contributed by atoms with Crippen LogP contribution < -0.4 is 15.4 Å². The largest absolute Gasteiger partial charge is 0.379 e. The van der Waals surface area contributed by atoms with Crippen LogP contribution in [-0.4, -0.2) is 32.5 Å². The molecule has 8 nitrogen and oxygen atoms in total. The zero-order chi connectivity index (χ0) is 19.6. The lowest BCUT2D eigenvalue weighted by atomic mass is 10.0. The van der Waals surface area contributed by atoms with E-state index in [4.69, 9.17) is 5.14 Å². The normalized spacial score (nSPS) is 17.6. The Balaban J connectivity index is 1.84. The Hall–Kier alpha value is -2.72. The molecular formula is C17H19FN4O4S. The predicted molar refractivity (Wildman–Crippen MR) is 99.7 cm³/mol. The summed E-state index contributed by atoms with van der Waals surface area (Å²) < 4.78 is 37.8. The van der Waals surface area contributed by atoms with E-state index in [2.05, 4.69) is 5.32 Å². The summed E-state index contributed by atoms with van der Waals surface area (Å²) in [7, 11) is -4.15. The van der Waals surface area contributed by atoms with Gasteiger partial charge in [-0.25, -0.2) is 17.9 Å². The molecule has 0 aliphatic carbocycles. The predicted octanol–water partition coefficient (Wildman–Crippen LogP) is 2.46. The zero-order valence-electron chi connectivity index (χ0n) is 14.3. The minimum absolute atomic E-state index is 0.166. The maximum absolute atomic E-state index is 14.0. The molecule has 1 saturated heterocycles. The van der Waals surface area contributed by atoms with E-state index in [9.17, 15) is 22.9 Å². The molecule has 27 heavy (non-hydrogen) atoms. The molecule has 0 bridgehead atoms. The van der Waals surface area contributed by atoms with Crippen molar-refractivity contribution in [2.45, 2.75) is 23.8 Å². The first kappa shape index (κ1) is 19.1. The maximum Gasteiger partial charge on any atom is 0.270 e. The molecule has 1 fully saturated rings. The highest BCUT2D eigenvalue weighted by molar-refractivity contribution is 7.89. The fourth-order valence-corrected chi connectivity index (χ4v) is 3.94. The van der Waals surface area contributed by atoms with Gasteiger partial charge in [0.25, 0.3) is 5.69 Å². The molecule has 0 radical (unpaired) electrons. The molecule has 0 aromatic heterocycles. The molecule has 10 heteroatoms. The minimum Gasteiger partial charge on any atom is -0.379 e. The summed E-state index contributed by atoms with van der Waals surface area (Å²) in [5, 5.41) is 19.2. The van der Waals surface area contributed by atoms with Gasteiger partial charge in [-0.3, -0.25) is 10.1 Å². The Kier molecular flexibility index (Phi) is 5.29. The van der Waals surface area contributed by atoms with Gasteiger partial charge in [-0.2, -0.15) is 0 Å². The molecule has 1 unspecified atom stereocenters. The average Bonchev–Trinajstić information content (AvgIpc) is 2.61. The third-order valence-electron chi connectivity index (χ3n) is 4.46. The third-order valence-corrected chi connectivity index (χ3v) is 5.41. The van der Waals surface area contributed by atoms with E-state index in [1.54, 1.807) is 18.2 Å². The van der Waals surface area contributed by atoms with Crippen LogP contribution in [0.25, 0.3) is 0 Å².